The summed E-state index contributed by atoms with van der Waals surface area (Å²) in [7, 11) is 0. The van der Waals surface area contributed by atoms with E-state index in [9.17, 15) is 19.2 Å². The van der Waals surface area contributed by atoms with Crippen LogP contribution in [0.1, 0.15) is 207 Å². The van der Waals surface area contributed by atoms with Crippen molar-refractivity contribution in [1.82, 2.24) is 9.80 Å². The van der Waals surface area contributed by atoms with E-state index < -0.39 is 30.4 Å². The second-order valence-electron chi connectivity index (χ2n) is 17.8. The molecule has 2 fully saturated rings. The molecule has 12 nitrogen and oxygen atoms in total. The van der Waals surface area contributed by atoms with Gasteiger partial charge in [0.1, 0.15) is 25.4 Å². The zero-order chi connectivity index (χ0) is 44.9. The summed E-state index contributed by atoms with van der Waals surface area (Å²) in [5, 5.41) is 0. The van der Waals surface area contributed by atoms with Gasteiger partial charge in [-0.05, 0) is 25.7 Å². The number of carbonyl (C=O) groups is 4. The zero-order valence-electron chi connectivity index (χ0n) is 40.2. The molecule has 2 aliphatic heterocycles. The van der Waals surface area contributed by atoms with Crippen LogP contribution in [0.3, 0.4) is 0 Å². The van der Waals surface area contributed by atoms with Crippen LogP contribution in [0.4, 0.5) is 0 Å². The molecule has 0 aromatic carbocycles. The Morgan fingerprint density at radius 3 is 1.66 bits per heavy atom. The summed E-state index contributed by atoms with van der Waals surface area (Å²) >= 11 is 0. The molecule has 12 heteroatoms. The van der Waals surface area contributed by atoms with E-state index in [1.54, 1.807) is 0 Å². The van der Waals surface area contributed by atoms with Gasteiger partial charge in [-0.1, -0.05) is 156 Å². The Labute approximate surface area is 377 Å². The maximum Gasteiger partial charge on any atom is 0.329 e. The number of nitrogens with zero attached hydrogens (tertiary/aromatic N) is 2. The van der Waals surface area contributed by atoms with Gasteiger partial charge in [0, 0.05) is 45.7 Å². The molecule has 0 aromatic rings. The van der Waals surface area contributed by atoms with Crippen molar-refractivity contribution in [2.24, 2.45) is 5.92 Å². The number of morpholine rings is 1. The highest BCUT2D eigenvalue weighted by Crippen LogP contribution is 2.27. The molecule has 362 valence electrons. The molecule has 62 heavy (non-hydrogen) atoms. The van der Waals surface area contributed by atoms with Crippen LogP contribution in [-0.4, -0.2) is 118 Å². The molecule has 0 radical (unpaired) electrons. The van der Waals surface area contributed by atoms with Gasteiger partial charge in [0.05, 0.1) is 38.5 Å². The number of unbranched alkanes of at least 4 members (excludes halogenated alkanes) is 18. The van der Waals surface area contributed by atoms with Gasteiger partial charge >= 0.3 is 17.9 Å². The van der Waals surface area contributed by atoms with Crippen LogP contribution < -0.4 is 0 Å². The third-order valence-corrected chi connectivity index (χ3v) is 12.3. The fourth-order valence-corrected chi connectivity index (χ4v) is 8.32. The normalized spacial score (nSPS) is 17.4. The summed E-state index contributed by atoms with van der Waals surface area (Å²) < 4.78 is 35.0. The summed E-state index contributed by atoms with van der Waals surface area (Å²) in [5.74, 6) is -1.68. The fourth-order valence-electron chi connectivity index (χ4n) is 8.32. The number of esters is 3. The van der Waals surface area contributed by atoms with Gasteiger partial charge in [0.15, 0.2) is 6.29 Å². The lowest BCUT2D eigenvalue weighted by Gasteiger charge is -2.27. The van der Waals surface area contributed by atoms with Crippen molar-refractivity contribution in [2.75, 3.05) is 65.8 Å². The smallest absolute Gasteiger partial charge is 0.329 e. The van der Waals surface area contributed by atoms with E-state index >= 15 is 0 Å². The minimum absolute atomic E-state index is 0.0887. The summed E-state index contributed by atoms with van der Waals surface area (Å²) in [6, 6.07) is -0.879. The predicted molar refractivity (Wildman–Crippen MR) is 246 cm³/mol. The van der Waals surface area contributed by atoms with Crippen LogP contribution >= 0.6 is 0 Å². The van der Waals surface area contributed by atoms with Gasteiger partial charge in [-0.25, -0.2) is 4.79 Å². The number of rotatable bonds is 40. The van der Waals surface area contributed by atoms with Crippen molar-refractivity contribution in [1.29, 1.82) is 0 Å². The SMILES string of the molecule is CCCCCCCCOC(CCC(=O)OCCC(=O)N1CC(OC(=O)C(CCCCCC)CCCCCCCC)CC1C(=O)OCCN1CCOCC1)OCCCCCCCC. The number of amides is 1. The zero-order valence-corrected chi connectivity index (χ0v) is 40.2. The number of ether oxygens (including phenoxy) is 6. The van der Waals surface area contributed by atoms with Crippen molar-refractivity contribution >= 4 is 23.8 Å². The van der Waals surface area contributed by atoms with Crippen molar-refractivity contribution in [3.05, 3.63) is 0 Å². The first-order chi connectivity index (χ1) is 30.3. The molecular formula is C50H92N2O10. The third kappa shape index (κ3) is 27.1. The van der Waals surface area contributed by atoms with Gasteiger partial charge in [-0.15, -0.1) is 0 Å². The Hall–Kier alpha value is -2.28. The van der Waals surface area contributed by atoms with E-state index in [1.165, 1.54) is 81.9 Å². The molecule has 3 atom stereocenters. The van der Waals surface area contributed by atoms with Crippen LogP contribution in [0.15, 0.2) is 0 Å². The first-order valence-electron chi connectivity index (χ1n) is 25.7. The van der Waals surface area contributed by atoms with Crippen molar-refractivity contribution in [2.45, 2.75) is 226 Å². The Kier molecular flexibility index (Phi) is 34.3. The molecule has 0 bridgehead atoms. The van der Waals surface area contributed by atoms with Crippen molar-refractivity contribution in [3.63, 3.8) is 0 Å². The molecule has 2 saturated heterocycles. The maximum absolute atomic E-state index is 13.7. The quantitative estimate of drug-likeness (QED) is 0.0252. The molecule has 0 spiro atoms. The highest BCUT2D eigenvalue weighted by Gasteiger charge is 2.42. The van der Waals surface area contributed by atoms with E-state index in [-0.39, 0.29) is 56.8 Å². The Balaban J connectivity index is 1.96. The van der Waals surface area contributed by atoms with Crippen molar-refractivity contribution in [3.8, 4) is 0 Å². The van der Waals surface area contributed by atoms with E-state index in [2.05, 4.69) is 32.6 Å². The fraction of sp³-hybridized carbons (Fsp3) is 0.920. The average molecular weight is 881 g/mol. The molecule has 2 rings (SSSR count). The third-order valence-electron chi connectivity index (χ3n) is 12.3. The monoisotopic (exact) mass is 881 g/mol. The number of hydrogen-bond donors (Lipinski definition) is 0. The molecule has 0 aliphatic carbocycles. The average Bonchev–Trinajstić information content (AvgIpc) is 3.70. The predicted octanol–water partition coefficient (Wildman–Crippen LogP) is 10.5. The van der Waals surface area contributed by atoms with Crippen LogP contribution in [0.5, 0.6) is 0 Å². The summed E-state index contributed by atoms with van der Waals surface area (Å²) in [4.78, 5) is 57.5. The summed E-state index contributed by atoms with van der Waals surface area (Å²) in [6.45, 7) is 13.6. The Morgan fingerprint density at radius 2 is 1.10 bits per heavy atom. The second kappa shape index (κ2) is 38.0. The molecule has 0 N–H and O–H groups in total. The van der Waals surface area contributed by atoms with Crippen LogP contribution in [0.25, 0.3) is 0 Å². The number of carbonyl (C=O) groups excluding carboxylic acids is 4. The lowest BCUT2D eigenvalue weighted by molar-refractivity contribution is -0.160. The molecule has 2 aliphatic rings. The topological polar surface area (TPSA) is 130 Å². The Bertz CT molecular complexity index is 1120. The number of hydrogen-bond acceptors (Lipinski definition) is 11. The van der Waals surface area contributed by atoms with Gasteiger partial charge in [0.25, 0.3) is 0 Å². The minimum atomic E-state index is -0.879. The highest BCUT2D eigenvalue weighted by molar-refractivity contribution is 5.86. The Morgan fingerprint density at radius 1 is 0.581 bits per heavy atom. The van der Waals surface area contributed by atoms with Gasteiger partial charge in [0.2, 0.25) is 5.91 Å². The maximum atomic E-state index is 13.7. The standard InChI is InChI=1S/C50H92N2O10/c1-5-9-13-17-20-24-28-43(27-23-16-12-8-4)49(55)62-44-41-45(50(56)61-40-34-51-32-38-57-39-33-51)52(42-44)46(53)31-37-58-47(54)29-30-48(59-35-25-21-18-14-10-6-2)60-36-26-22-19-15-11-7-3/h43-45,48H,5-42H2,1-4H3. The van der Waals surface area contributed by atoms with Gasteiger partial charge in [-0.3, -0.25) is 19.3 Å². The molecule has 2 heterocycles. The minimum Gasteiger partial charge on any atom is -0.465 e. The van der Waals surface area contributed by atoms with E-state index in [1.807, 2.05) is 0 Å². The molecule has 1 amide bonds. The second-order valence-corrected chi connectivity index (χ2v) is 17.8. The lowest BCUT2D eigenvalue weighted by Crippen LogP contribution is -2.43. The first kappa shape index (κ1) is 55.9. The largest absolute Gasteiger partial charge is 0.465 e. The summed E-state index contributed by atoms with van der Waals surface area (Å²) in [6.07, 6.45) is 26.4. The molecule has 3 unspecified atom stereocenters. The van der Waals surface area contributed by atoms with E-state index in [4.69, 9.17) is 28.4 Å². The number of likely N-dealkylation sites (tertiary alicyclic amines) is 1. The highest BCUT2D eigenvalue weighted by atomic mass is 16.7. The summed E-state index contributed by atoms with van der Waals surface area (Å²) in [5.41, 5.74) is 0. The van der Waals surface area contributed by atoms with Gasteiger partial charge in [-0.2, -0.15) is 0 Å². The van der Waals surface area contributed by atoms with Crippen molar-refractivity contribution < 1.29 is 47.6 Å². The lowest BCUT2D eigenvalue weighted by atomic mass is 9.94. The van der Waals surface area contributed by atoms with Crippen LogP contribution in [-0.2, 0) is 47.6 Å². The molecule has 0 aromatic heterocycles. The van der Waals surface area contributed by atoms with E-state index in [0.29, 0.717) is 39.4 Å². The van der Waals surface area contributed by atoms with E-state index in [0.717, 1.165) is 90.1 Å². The van der Waals surface area contributed by atoms with Gasteiger partial charge < -0.3 is 33.3 Å². The molecule has 0 saturated carbocycles. The molecular weight excluding hydrogens is 789 g/mol. The van der Waals surface area contributed by atoms with Crippen LogP contribution in [0, 0.1) is 5.92 Å². The van der Waals surface area contributed by atoms with Crippen LogP contribution in [0.2, 0.25) is 0 Å². The first-order valence-corrected chi connectivity index (χ1v) is 25.7.